The highest BCUT2D eigenvalue weighted by atomic mass is 35.5. The number of amides is 1. The molecule has 3 heterocycles. The third-order valence-corrected chi connectivity index (χ3v) is 15.4. The molecule has 1 amide bonds. The van der Waals surface area contributed by atoms with E-state index in [9.17, 15) is 26.4 Å². The normalized spacial score (nSPS) is 15.6. The molecule has 4 aromatic carbocycles. The van der Waals surface area contributed by atoms with E-state index in [2.05, 4.69) is 66.0 Å². The first-order valence-electron chi connectivity index (χ1n) is 22.0. The summed E-state index contributed by atoms with van der Waals surface area (Å²) in [5, 5.41) is 5.60. The van der Waals surface area contributed by atoms with Gasteiger partial charge in [-0.1, -0.05) is 78.5 Å². The molecular formula is C50H55ClF3N7O3S3. The van der Waals surface area contributed by atoms with Gasteiger partial charge in [-0.15, -0.1) is 0 Å². The highest BCUT2D eigenvalue weighted by Gasteiger charge is 2.48. The lowest BCUT2D eigenvalue weighted by atomic mass is 9.95. The van der Waals surface area contributed by atoms with Gasteiger partial charge < -0.3 is 34.2 Å². The van der Waals surface area contributed by atoms with E-state index in [0.717, 1.165) is 108 Å². The zero-order valence-corrected chi connectivity index (χ0v) is 40.9. The van der Waals surface area contributed by atoms with Crippen molar-refractivity contribution in [3.63, 3.8) is 0 Å². The van der Waals surface area contributed by atoms with E-state index in [0.29, 0.717) is 53.1 Å². The van der Waals surface area contributed by atoms with Crippen molar-refractivity contribution in [3.8, 4) is 22.4 Å². The van der Waals surface area contributed by atoms with Crippen LogP contribution in [-0.2, 0) is 16.9 Å². The number of anilines is 2. The second-order valence-electron chi connectivity index (χ2n) is 16.4. The summed E-state index contributed by atoms with van der Waals surface area (Å²) in [6.45, 7) is 14.3. The SMILES string of the molecule is C=C/C=C(\C=C/Sc1ccc(NSc2ccccc2)c(S(=O)(=O)C(F)(F)F)c1)N1CCN(c2cccc(-c3c(C(=O)NCCCN4CCN(C)CC4)c(C)n(C)c3-c3ccc(Cl)cc3)c2)CC1. The number of nitrogens with one attached hydrogen (secondary N) is 2. The standard InChI is InChI=1S/C50H55ClF3N7O3S3/c1-5-11-40(22-33-65-43-20-21-44(56-66-42-14-7-6-8-15-42)45(35-43)67(63,64)50(52,53)54)60-29-31-61(32-30-60)41-13-9-12-38(34-41)47-46(36(2)58(4)48(47)37-16-18-39(51)19-17-37)49(62)55-23-10-24-59-27-25-57(3)26-28-59/h5-9,11-22,33-35,56H,1,10,23-32H2,2-4H3,(H,55,62)/b33-22-,40-11+. The summed E-state index contributed by atoms with van der Waals surface area (Å²) in [5.74, 6) is -0.104. The molecule has 0 aliphatic carbocycles. The molecule has 5 aromatic rings. The van der Waals surface area contributed by atoms with Crippen LogP contribution in [0.3, 0.4) is 0 Å². The number of allylic oxidation sites excluding steroid dienone is 3. The van der Waals surface area contributed by atoms with Crippen molar-refractivity contribution >= 4 is 62.4 Å². The van der Waals surface area contributed by atoms with E-state index < -0.39 is 20.2 Å². The lowest BCUT2D eigenvalue weighted by Gasteiger charge is -2.38. The largest absolute Gasteiger partial charge is 0.501 e. The lowest BCUT2D eigenvalue weighted by molar-refractivity contribution is -0.0435. The Bertz CT molecular complexity index is 2700. The molecule has 0 saturated carbocycles. The second kappa shape index (κ2) is 22.3. The molecule has 2 N–H and O–H groups in total. The predicted octanol–water partition coefficient (Wildman–Crippen LogP) is 10.6. The number of hydrogen-bond acceptors (Lipinski definition) is 10. The van der Waals surface area contributed by atoms with E-state index in [4.69, 9.17) is 11.6 Å². The molecule has 67 heavy (non-hydrogen) atoms. The fraction of sp³-hybridized carbons (Fsp3) is 0.300. The van der Waals surface area contributed by atoms with Crippen LogP contribution in [0.5, 0.6) is 0 Å². The zero-order chi connectivity index (χ0) is 47.7. The van der Waals surface area contributed by atoms with Gasteiger partial charge in [0.1, 0.15) is 4.90 Å². The number of piperazine rings is 2. The van der Waals surface area contributed by atoms with E-state index in [1.807, 2.05) is 56.5 Å². The molecule has 354 valence electrons. The van der Waals surface area contributed by atoms with E-state index in [1.165, 1.54) is 6.07 Å². The van der Waals surface area contributed by atoms with E-state index >= 15 is 0 Å². The van der Waals surface area contributed by atoms with Crippen molar-refractivity contribution in [1.29, 1.82) is 0 Å². The summed E-state index contributed by atoms with van der Waals surface area (Å²) in [5.41, 5.74) is 1.39. The van der Waals surface area contributed by atoms with E-state index in [-0.39, 0.29) is 11.6 Å². The third-order valence-electron chi connectivity index (χ3n) is 12.0. The van der Waals surface area contributed by atoms with Crippen LogP contribution in [0.2, 0.25) is 5.02 Å². The number of thioether (sulfide) groups is 1. The molecule has 2 aliphatic heterocycles. The van der Waals surface area contributed by atoms with Gasteiger partial charge in [-0.2, -0.15) is 13.2 Å². The Morgan fingerprint density at radius 2 is 1.57 bits per heavy atom. The lowest BCUT2D eigenvalue weighted by Crippen LogP contribution is -2.45. The first-order valence-corrected chi connectivity index (χ1v) is 25.5. The maximum absolute atomic E-state index is 14.2. The zero-order valence-electron chi connectivity index (χ0n) is 37.7. The van der Waals surface area contributed by atoms with Gasteiger partial charge >= 0.3 is 5.51 Å². The molecule has 0 bridgehead atoms. The summed E-state index contributed by atoms with van der Waals surface area (Å²) in [6, 6.07) is 28.9. The molecule has 2 saturated heterocycles. The van der Waals surface area contributed by atoms with Crippen LogP contribution in [-0.4, -0.2) is 112 Å². The number of benzene rings is 4. The Morgan fingerprint density at radius 3 is 2.25 bits per heavy atom. The van der Waals surface area contributed by atoms with Gasteiger partial charge in [-0.05, 0) is 122 Å². The molecule has 0 unspecified atom stereocenters. The van der Waals surface area contributed by atoms with Crippen LogP contribution in [0.25, 0.3) is 22.4 Å². The van der Waals surface area contributed by atoms with Crippen molar-refractivity contribution in [3.05, 3.63) is 149 Å². The molecular weight excluding hydrogens is 935 g/mol. The number of carbonyl (C=O) groups excluding carboxylic acids is 1. The summed E-state index contributed by atoms with van der Waals surface area (Å²) >= 11 is 8.47. The van der Waals surface area contributed by atoms with Crippen LogP contribution >= 0.6 is 35.3 Å². The van der Waals surface area contributed by atoms with Gasteiger partial charge in [0.25, 0.3) is 15.7 Å². The molecule has 0 spiro atoms. The Hall–Kier alpha value is -5.10. The second-order valence-corrected chi connectivity index (χ2v) is 20.6. The minimum absolute atomic E-state index is 0.104. The monoisotopic (exact) mass is 989 g/mol. The van der Waals surface area contributed by atoms with Crippen molar-refractivity contribution in [1.82, 2.24) is 24.6 Å². The maximum atomic E-state index is 14.2. The van der Waals surface area contributed by atoms with Crippen LogP contribution in [0, 0.1) is 6.92 Å². The number of halogens is 4. The summed E-state index contributed by atoms with van der Waals surface area (Å²) < 4.78 is 71.8. The highest BCUT2D eigenvalue weighted by molar-refractivity contribution is 8.02. The summed E-state index contributed by atoms with van der Waals surface area (Å²) in [7, 11) is -1.52. The molecule has 2 fully saturated rings. The average molecular weight is 991 g/mol. The van der Waals surface area contributed by atoms with Crippen LogP contribution in [0.1, 0.15) is 22.5 Å². The minimum atomic E-state index is -5.66. The number of sulfone groups is 1. The average Bonchev–Trinajstić information content (AvgIpc) is 3.59. The Morgan fingerprint density at radius 1 is 0.851 bits per heavy atom. The molecule has 0 radical (unpaired) electrons. The molecule has 0 atom stereocenters. The molecule has 7 rings (SSSR count). The minimum Gasteiger partial charge on any atom is -0.368 e. The molecule has 10 nitrogen and oxygen atoms in total. The van der Waals surface area contributed by atoms with Crippen LogP contribution in [0.4, 0.5) is 24.5 Å². The van der Waals surface area contributed by atoms with Gasteiger partial charge in [-0.25, -0.2) is 8.42 Å². The Kier molecular flexibility index (Phi) is 16.6. The number of alkyl halides is 3. The number of aromatic nitrogens is 1. The quantitative estimate of drug-likeness (QED) is 0.0406. The smallest absolute Gasteiger partial charge is 0.368 e. The molecule has 1 aromatic heterocycles. The predicted molar refractivity (Wildman–Crippen MR) is 270 cm³/mol. The number of carbonyl (C=O) groups is 1. The maximum Gasteiger partial charge on any atom is 0.501 e. The van der Waals surface area contributed by atoms with Gasteiger partial charge in [0, 0.05) is 103 Å². The van der Waals surface area contributed by atoms with Gasteiger partial charge in [0.15, 0.2) is 0 Å². The number of nitrogens with zero attached hydrogens (tertiary/aromatic N) is 5. The van der Waals surface area contributed by atoms with E-state index in [1.54, 1.807) is 47.9 Å². The summed E-state index contributed by atoms with van der Waals surface area (Å²) in [4.78, 5) is 23.7. The molecule has 17 heteroatoms. The van der Waals surface area contributed by atoms with Crippen LogP contribution < -0.4 is 14.9 Å². The Labute approximate surface area is 405 Å². The Balaban J connectivity index is 1.05. The van der Waals surface area contributed by atoms with Crippen LogP contribution in [0.15, 0.2) is 148 Å². The van der Waals surface area contributed by atoms with Crippen molar-refractivity contribution in [2.75, 3.05) is 82.1 Å². The van der Waals surface area contributed by atoms with Gasteiger partial charge in [-0.3, -0.25) is 4.79 Å². The van der Waals surface area contributed by atoms with Crippen molar-refractivity contribution < 1.29 is 26.4 Å². The fourth-order valence-electron chi connectivity index (χ4n) is 8.23. The summed E-state index contributed by atoms with van der Waals surface area (Å²) in [6.07, 6.45) is 6.27. The first-order chi connectivity index (χ1) is 32.1. The number of rotatable bonds is 17. The van der Waals surface area contributed by atoms with Crippen molar-refractivity contribution in [2.24, 2.45) is 7.05 Å². The molecule has 2 aliphatic rings. The van der Waals surface area contributed by atoms with Crippen molar-refractivity contribution in [2.45, 2.75) is 33.5 Å². The number of likely N-dealkylation sites (N-methyl/N-ethyl adjacent to an activating group) is 1. The fourth-order valence-corrected chi connectivity index (χ4v) is 10.8. The van der Waals surface area contributed by atoms with Gasteiger partial charge in [0.05, 0.1) is 16.9 Å². The highest BCUT2D eigenvalue weighted by Crippen LogP contribution is 2.41. The number of hydrogen-bond donors (Lipinski definition) is 2. The van der Waals surface area contributed by atoms with Gasteiger partial charge in [0.2, 0.25) is 0 Å². The first kappa shape index (κ1) is 49.8. The third kappa shape index (κ3) is 12.1. The topological polar surface area (TPSA) is 93.2 Å².